The molecule has 16 rings (SSSR count). The molecule has 12 heterocycles. The van der Waals surface area contributed by atoms with Crippen molar-refractivity contribution in [3.63, 3.8) is 0 Å². The second-order valence-electron chi connectivity index (χ2n) is 34.6. The number of carbonyl (C=O) groups is 2. The lowest BCUT2D eigenvalue weighted by Crippen LogP contribution is -2.41. The number of allylic oxidation sites excluding steroid dienone is 1. The molecule has 26 nitrogen and oxygen atoms in total. The molecule has 2 aliphatic rings. The number of hydrogen-bond donors (Lipinski definition) is 0. The predicted octanol–water partition coefficient (Wildman–Crippen LogP) is 16.9. The summed E-state index contributed by atoms with van der Waals surface area (Å²) in [5, 5.41) is 0. The van der Waals surface area contributed by atoms with Crippen LogP contribution in [-0.4, -0.2) is 146 Å². The summed E-state index contributed by atoms with van der Waals surface area (Å²) in [5.41, 5.74) is 16.5. The zero-order chi connectivity index (χ0) is 86.2. The first-order chi connectivity index (χ1) is 56.6. The van der Waals surface area contributed by atoms with Crippen molar-refractivity contribution in [2.75, 3.05) is 21.3 Å². The summed E-state index contributed by atoms with van der Waals surface area (Å²) in [5.74, 6) is 19.9. The lowest BCUT2D eigenvalue weighted by atomic mass is 9.79. The molecule has 3 aromatic carbocycles. The number of benzene rings is 3. The molecule has 0 atom stereocenters. The maximum absolute atomic E-state index is 13.1. The van der Waals surface area contributed by atoms with E-state index in [1.54, 1.807) is 95.0 Å². The van der Waals surface area contributed by atoms with Crippen molar-refractivity contribution in [1.29, 1.82) is 0 Å². The van der Waals surface area contributed by atoms with Crippen LogP contribution in [0.15, 0.2) is 166 Å². The number of aromatic nitrogens is 17. The van der Waals surface area contributed by atoms with Crippen LogP contribution in [0.3, 0.4) is 0 Å². The Morgan fingerprint density at radius 2 is 0.858 bits per heavy atom. The van der Waals surface area contributed by atoms with Gasteiger partial charge < -0.3 is 46.7 Å². The van der Waals surface area contributed by atoms with Crippen molar-refractivity contribution in [3.05, 3.63) is 220 Å². The molecule has 1 aliphatic heterocycles. The first-order valence-electron chi connectivity index (χ1n) is 38.9. The minimum absolute atomic E-state index is 0.0106. The molecule has 0 spiro atoms. The Morgan fingerprint density at radius 3 is 1.31 bits per heavy atom. The Balaban J connectivity index is 0.000000141. The van der Waals surface area contributed by atoms with Gasteiger partial charge in [-0.1, -0.05) is 42.0 Å². The van der Waals surface area contributed by atoms with Crippen molar-refractivity contribution in [3.8, 4) is 64.3 Å². The monoisotopic (exact) mass is 1720 g/mol. The lowest BCUT2D eigenvalue weighted by molar-refractivity contribution is 0.00578. The van der Waals surface area contributed by atoms with E-state index in [9.17, 15) is 9.59 Å². The van der Waals surface area contributed by atoms with E-state index < -0.39 is 23.4 Å². The number of carbonyl (C=O) groups excluding carboxylic acids is 2. The van der Waals surface area contributed by atoms with E-state index in [1.807, 2.05) is 90.9 Å². The van der Waals surface area contributed by atoms with Gasteiger partial charge in [0.05, 0.1) is 118 Å². The maximum atomic E-state index is 13.1. The van der Waals surface area contributed by atoms with Gasteiger partial charge in [-0.3, -0.25) is 4.98 Å². The zero-order valence-electron chi connectivity index (χ0n) is 71.5. The summed E-state index contributed by atoms with van der Waals surface area (Å²) in [7, 11) is 4.36. The van der Waals surface area contributed by atoms with E-state index in [4.69, 9.17) is 43.0 Å². The molecule has 0 amide bonds. The van der Waals surface area contributed by atoms with E-state index in [1.165, 1.54) is 15.3 Å². The fourth-order valence-corrected chi connectivity index (χ4v) is 13.5. The van der Waals surface area contributed by atoms with Crippen molar-refractivity contribution >= 4 is 108 Å². The highest BCUT2D eigenvalue weighted by Crippen LogP contribution is 2.39. The van der Waals surface area contributed by atoms with Crippen LogP contribution in [0.25, 0.3) is 72.1 Å². The molecule has 0 radical (unpaired) electrons. The van der Waals surface area contributed by atoms with Crippen LogP contribution < -0.4 is 19.7 Å². The molecule has 612 valence electrons. The number of imidazole rings is 3. The summed E-state index contributed by atoms with van der Waals surface area (Å²) in [6, 6.07) is 29.3. The number of nitrogens with zero attached hydrogens (tertiary/aromatic N) is 17. The first-order valence-corrected chi connectivity index (χ1v) is 40.0. The average Bonchev–Trinajstić information content (AvgIpc) is 1.62. The molecule has 0 bridgehead atoms. The van der Waals surface area contributed by atoms with Crippen LogP contribution in [0.1, 0.15) is 182 Å². The SMILES string of the molecule is CC(C)(C)n1cnc2ccc(B3OC(C)(C)C(C)(C)O3)cc21.COc1cc(C#Cc2cnc3c(n2)C(c2ccc4ncn(C(C)(C)C)c4c2)=CC3)ccn1.COc1cc(C#Cc2cnc3c(n2)c(-c2ccc4ncn(C(C)(C)C)c4c2)cn3C(=O)OC(C)(C)C)ccn1.COc1cc(C#Cc2cnc3c(n2)c(I)cn3C(=O)OC(C)(C)C)ccn1. The van der Waals surface area contributed by atoms with Gasteiger partial charge in [-0.2, -0.15) is 0 Å². The van der Waals surface area contributed by atoms with Crippen LogP contribution in [0.2, 0.25) is 0 Å². The van der Waals surface area contributed by atoms with Crippen LogP contribution >= 0.6 is 22.6 Å². The standard InChI is InChI=1S/C30H30N6O3.C26H23N5O.C19H17IN4O3.C17H25BN2O2/c1-29(2,3)36-18-33-23-11-9-20(15-24(23)36)22-17-35(28(37)39-30(4,5)6)27-26(22)34-21(16-32-27)10-8-19-12-13-31-25(14-19)38-7;1-26(2,3)31-16-29-21-9-6-18(14-23(21)31)20-8-10-22-25(20)30-19(15-28-22)7-5-17-11-12-27-24(13-17)32-4;1-19(2,3)27-18(25)24-11-14(20)16-17(24)22-10-13(23-16)6-5-12-7-8-21-15(9-12)26-4;1-15(2,3)20-11-19-13-9-8-12(10-14(13)20)18-21-16(4,5)17(6,7)22-18/h9,11-18H,1-7H3;6,8-9,11-16H,10H2,1-4H3;7-11H,1-4H3;8-11H,1-7H3. The molecule has 120 heavy (non-hydrogen) atoms. The Bertz CT molecular complexity index is 6500. The van der Waals surface area contributed by atoms with E-state index in [0.29, 0.717) is 57.0 Å². The van der Waals surface area contributed by atoms with E-state index in [-0.39, 0.29) is 34.9 Å². The van der Waals surface area contributed by atoms with Crippen molar-refractivity contribution < 1.29 is 42.6 Å². The number of halogens is 1. The molecule has 1 fully saturated rings. The van der Waals surface area contributed by atoms with Gasteiger partial charge in [0.1, 0.15) is 39.3 Å². The minimum atomic E-state index is -0.670. The second-order valence-corrected chi connectivity index (χ2v) is 35.7. The van der Waals surface area contributed by atoms with Gasteiger partial charge in [0.2, 0.25) is 17.6 Å². The quantitative estimate of drug-likeness (QED) is 0.0849. The summed E-state index contributed by atoms with van der Waals surface area (Å²) < 4.78 is 48.9. The molecule has 0 saturated carbocycles. The summed E-state index contributed by atoms with van der Waals surface area (Å²) in [6.45, 7) is 38.7. The highest BCUT2D eigenvalue weighted by Gasteiger charge is 2.52. The summed E-state index contributed by atoms with van der Waals surface area (Å²) in [6.07, 6.45) is 20.7. The first kappa shape index (κ1) is 85.2. The van der Waals surface area contributed by atoms with Gasteiger partial charge in [-0.25, -0.2) is 73.5 Å². The Labute approximate surface area is 711 Å². The van der Waals surface area contributed by atoms with Crippen molar-refractivity contribution in [2.24, 2.45) is 0 Å². The molecule has 0 unspecified atom stereocenters. The van der Waals surface area contributed by atoms with Crippen LogP contribution in [0.5, 0.6) is 17.6 Å². The van der Waals surface area contributed by atoms with Crippen molar-refractivity contribution in [2.45, 2.75) is 177 Å². The van der Waals surface area contributed by atoms with Gasteiger partial charge in [0.15, 0.2) is 11.3 Å². The molecule has 14 aromatic rings. The lowest BCUT2D eigenvalue weighted by Gasteiger charge is -2.32. The van der Waals surface area contributed by atoms with Gasteiger partial charge >= 0.3 is 19.3 Å². The number of rotatable bonds is 6. The molecule has 28 heteroatoms. The number of methoxy groups -OCH3 is 3. The number of fused-ring (bicyclic) bond motifs is 6. The molecule has 0 N–H and O–H groups in total. The Hall–Kier alpha value is -12.7. The zero-order valence-corrected chi connectivity index (χ0v) is 73.7. The third-order valence-corrected chi connectivity index (χ3v) is 20.3. The normalized spacial score (nSPS) is 13.6. The highest BCUT2D eigenvalue weighted by molar-refractivity contribution is 14.1. The maximum Gasteiger partial charge on any atom is 0.494 e. The summed E-state index contributed by atoms with van der Waals surface area (Å²) in [4.78, 5) is 79.1. The predicted molar refractivity (Wildman–Crippen MR) is 473 cm³/mol. The average molecular weight is 1720 g/mol. The Kier molecular flexibility index (Phi) is 23.9. The minimum Gasteiger partial charge on any atom is -0.481 e. The third-order valence-electron chi connectivity index (χ3n) is 19.5. The fourth-order valence-electron chi connectivity index (χ4n) is 12.9. The van der Waals surface area contributed by atoms with Gasteiger partial charge in [0.25, 0.3) is 0 Å². The third kappa shape index (κ3) is 19.4. The number of pyridine rings is 3. The number of hydrogen-bond acceptors (Lipinski definition) is 21. The Morgan fingerprint density at radius 1 is 0.458 bits per heavy atom. The molecule has 11 aromatic heterocycles. The molecular weight excluding hydrogens is 1620 g/mol. The smallest absolute Gasteiger partial charge is 0.481 e. The van der Waals surface area contributed by atoms with Crippen LogP contribution in [-0.2, 0) is 41.8 Å². The highest BCUT2D eigenvalue weighted by atomic mass is 127. The topological polar surface area (TPSA) is 278 Å². The molecule has 1 saturated heterocycles. The van der Waals surface area contributed by atoms with Crippen molar-refractivity contribution in [1.82, 2.24) is 82.6 Å². The van der Waals surface area contributed by atoms with E-state index >= 15 is 0 Å². The number of ether oxygens (including phenoxy) is 5. The summed E-state index contributed by atoms with van der Waals surface area (Å²) >= 11 is 2.11. The van der Waals surface area contributed by atoms with Gasteiger partial charge in [-0.15, -0.1) is 0 Å². The largest absolute Gasteiger partial charge is 0.494 e. The molecular formula is C92H95BIN17O9. The van der Waals surface area contributed by atoms with E-state index in [0.717, 1.165) is 98.9 Å². The fraction of sp³-hybridized carbons (Fsp3) is 0.326. The van der Waals surface area contributed by atoms with Crippen LogP contribution in [0.4, 0.5) is 9.59 Å². The van der Waals surface area contributed by atoms with Crippen LogP contribution in [0, 0.1) is 39.1 Å². The van der Waals surface area contributed by atoms with Gasteiger partial charge in [-0.05, 0) is 243 Å². The second kappa shape index (κ2) is 33.6. The van der Waals surface area contributed by atoms with Gasteiger partial charge in [0, 0.05) is 100 Å². The molecule has 1 aliphatic carbocycles. The van der Waals surface area contributed by atoms with E-state index in [2.05, 4.69) is 248 Å².